The molecule has 0 saturated carbocycles. The normalized spacial score (nSPS) is 9.90. The highest BCUT2D eigenvalue weighted by molar-refractivity contribution is 6.30. The zero-order valence-corrected chi connectivity index (χ0v) is 11.5. The number of methoxy groups -OCH3 is 1. The van der Waals surface area contributed by atoms with E-state index in [9.17, 15) is 4.39 Å². The molecule has 0 fully saturated rings. The van der Waals surface area contributed by atoms with Crippen LogP contribution in [0.4, 0.5) is 10.1 Å². The second-order valence-corrected chi connectivity index (χ2v) is 4.59. The van der Waals surface area contributed by atoms with Gasteiger partial charge >= 0.3 is 0 Å². The highest BCUT2D eigenvalue weighted by atomic mass is 35.5. The molecule has 1 N–H and O–H groups in total. The van der Waals surface area contributed by atoms with Gasteiger partial charge in [0.2, 0.25) is 0 Å². The molecule has 5 heteroatoms. The first-order valence-electron chi connectivity index (χ1n) is 5.89. The lowest BCUT2D eigenvalue weighted by Crippen LogP contribution is -2.02. The number of anilines is 1. The topological polar surface area (TPSA) is 45.0 Å². The van der Waals surface area contributed by atoms with Gasteiger partial charge in [0.05, 0.1) is 18.7 Å². The summed E-state index contributed by atoms with van der Waals surface area (Å²) in [6.45, 7) is 0.401. The van der Waals surface area contributed by atoms with Gasteiger partial charge in [-0.25, -0.2) is 4.39 Å². The molecule has 0 aliphatic rings. The van der Waals surface area contributed by atoms with Gasteiger partial charge in [-0.3, -0.25) is 0 Å². The van der Waals surface area contributed by atoms with Crippen LogP contribution in [-0.2, 0) is 6.54 Å². The van der Waals surface area contributed by atoms with Crippen LogP contribution < -0.4 is 10.1 Å². The lowest BCUT2D eigenvalue weighted by Gasteiger charge is -2.11. The quantitative estimate of drug-likeness (QED) is 0.926. The average Bonchev–Trinajstić information content (AvgIpc) is 2.43. The van der Waals surface area contributed by atoms with E-state index in [1.807, 2.05) is 0 Å². The maximum absolute atomic E-state index is 13.2. The monoisotopic (exact) mass is 290 g/mol. The smallest absolute Gasteiger partial charge is 0.126 e. The minimum Gasteiger partial charge on any atom is -0.496 e. The maximum atomic E-state index is 13.2. The average molecular weight is 291 g/mol. The van der Waals surface area contributed by atoms with Gasteiger partial charge in [0.15, 0.2) is 0 Å². The molecule has 0 aliphatic heterocycles. The van der Waals surface area contributed by atoms with E-state index in [-0.39, 0.29) is 0 Å². The third-order valence-electron chi connectivity index (χ3n) is 2.76. The molecule has 0 saturated heterocycles. The Bertz CT molecular complexity index is 647. The van der Waals surface area contributed by atoms with Crippen molar-refractivity contribution in [2.24, 2.45) is 0 Å². The molecule has 3 nitrogen and oxygen atoms in total. The summed E-state index contributed by atoms with van der Waals surface area (Å²) in [5, 5.41) is 12.3. The molecule has 0 heterocycles. The molecule has 0 bridgehead atoms. The molecule has 0 aromatic heterocycles. The third-order valence-corrected chi connectivity index (χ3v) is 2.97. The van der Waals surface area contributed by atoms with Gasteiger partial charge in [-0.05, 0) is 36.4 Å². The fourth-order valence-corrected chi connectivity index (χ4v) is 2.06. The zero-order chi connectivity index (χ0) is 14.5. The first-order chi connectivity index (χ1) is 9.62. The van der Waals surface area contributed by atoms with Crippen LogP contribution in [-0.4, -0.2) is 7.11 Å². The van der Waals surface area contributed by atoms with Crippen molar-refractivity contribution in [1.82, 2.24) is 0 Å². The fourth-order valence-electron chi connectivity index (χ4n) is 1.84. The van der Waals surface area contributed by atoms with Crippen LogP contribution in [0.25, 0.3) is 0 Å². The molecular weight excluding hydrogens is 279 g/mol. The predicted molar refractivity (Wildman–Crippen MR) is 76.4 cm³/mol. The van der Waals surface area contributed by atoms with Crippen molar-refractivity contribution in [3.05, 3.63) is 58.4 Å². The van der Waals surface area contributed by atoms with Gasteiger partial charge in [-0.1, -0.05) is 11.6 Å². The SMILES string of the molecule is COc1ccc(C#N)cc1CNc1cc(F)cc(Cl)c1. The summed E-state index contributed by atoms with van der Waals surface area (Å²) in [5.74, 6) is 0.261. The Morgan fingerprint density at radius 2 is 2.10 bits per heavy atom. The van der Waals surface area contributed by atoms with E-state index in [1.165, 1.54) is 12.1 Å². The van der Waals surface area contributed by atoms with Gasteiger partial charge in [0, 0.05) is 22.8 Å². The van der Waals surface area contributed by atoms with Gasteiger partial charge in [0.25, 0.3) is 0 Å². The molecular formula is C15H12ClFN2O. The number of benzene rings is 2. The summed E-state index contributed by atoms with van der Waals surface area (Å²) in [5.41, 5.74) is 1.92. The molecule has 0 aliphatic carbocycles. The van der Waals surface area contributed by atoms with Crippen LogP contribution in [0.3, 0.4) is 0 Å². The van der Waals surface area contributed by atoms with Crippen molar-refractivity contribution in [2.45, 2.75) is 6.54 Å². The number of nitrogens with one attached hydrogen (secondary N) is 1. The van der Waals surface area contributed by atoms with Crippen LogP contribution in [0, 0.1) is 17.1 Å². The van der Waals surface area contributed by atoms with E-state index in [2.05, 4.69) is 11.4 Å². The second-order valence-electron chi connectivity index (χ2n) is 4.15. The van der Waals surface area contributed by atoms with Crippen LogP contribution in [0.15, 0.2) is 36.4 Å². The summed E-state index contributed by atoms with van der Waals surface area (Å²) in [7, 11) is 1.56. The van der Waals surface area contributed by atoms with Crippen LogP contribution in [0.2, 0.25) is 5.02 Å². The lowest BCUT2D eigenvalue weighted by molar-refractivity contribution is 0.410. The van der Waals surface area contributed by atoms with Gasteiger partial charge in [-0.2, -0.15) is 5.26 Å². The van der Waals surface area contributed by atoms with E-state index in [4.69, 9.17) is 21.6 Å². The van der Waals surface area contributed by atoms with E-state index >= 15 is 0 Å². The first kappa shape index (κ1) is 14.2. The second kappa shape index (κ2) is 6.27. The Kier molecular flexibility index (Phi) is 4.44. The molecule has 0 radical (unpaired) electrons. The van der Waals surface area contributed by atoms with Crippen molar-refractivity contribution >= 4 is 17.3 Å². The van der Waals surface area contributed by atoms with Crippen LogP contribution >= 0.6 is 11.6 Å². The van der Waals surface area contributed by atoms with Gasteiger partial charge < -0.3 is 10.1 Å². The van der Waals surface area contributed by atoms with Crippen LogP contribution in [0.1, 0.15) is 11.1 Å². The number of ether oxygens (including phenoxy) is 1. The van der Waals surface area contributed by atoms with E-state index < -0.39 is 5.82 Å². The molecule has 2 aromatic rings. The zero-order valence-electron chi connectivity index (χ0n) is 10.8. The molecule has 102 valence electrons. The van der Waals surface area contributed by atoms with Crippen molar-refractivity contribution in [2.75, 3.05) is 12.4 Å². The molecule has 0 spiro atoms. The Hall–Kier alpha value is -2.25. The minimum atomic E-state index is -0.405. The molecule has 20 heavy (non-hydrogen) atoms. The largest absolute Gasteiger partial charge is 0.496 e. The Balaban J connectivity index is 2.19. The molecule has 2 rings (SSSR count). The Labute approximate surface area is 121 Å². The van der Waals surface area contributed by atoms with Crippen molar-refractivity contribution in [3.8, 4) is 11.8 Å². The Morgan fingerprint density at radius 3 is 2.75 bits per heavy atom. The predicted octanol–water partition coefficient (Wildman–Crippen LogP) is 3.97. The molecule has 0 atom stereocenters. The summed E-state index contributed by atoms with van der Waals surface area (Å²) < 4.78 is 18.5. The minimum absolute atomic E-state index is 0.324. The molecule has 0 amide bonds. The van der Waals surface area contributed by atoms with E-state index in [1.54, 1.807) is 31.4 Å². The van der Waals surface area contributed by atoms with Gasteiger partial charge in [0.1, 0.15) is 11.6 Å². The number of rotatable bonds is 4. The number of nitrogens with zero attached hydrogens (tertiary/aromatic N) is 1. The third kappa shape index (κ3) is 3.40. The number of hydrogen-bond donors (Lipinski definition) is 1. The molecule has 2 aromatic carbocycles. The standard InChI is InChI=1S/C15H12ClFN2O/c1-20-15-3-2-10(8-18)4-11(15)9-19-14-6-12(16)5-13(17)7-14/h2-7,19H,9H2,1H3. The van der Waals surface area contributed by atoms with E-state index in [0.29, 0.717) is 28.6 Å². The summed E-state index contributed by atoms with van der Waals surface area (Å²) in [6, 6.07) is 11.4. The molecule has 0 unspecified atom stereocenters. The van der Waals surface area contributed by atoms with Crippen molar-refractivity contribution in [1.29, 1.82) is 5.26 Å². The number of halogens is 2. The van der Waals surface area contributed by atoms with Crippen LogP contribution in [0.5, 0.6) is 5.75 Å². The van der Waals surface area contributed by atoms with Crippen molar-refractivity contribution < 1.29 is 9.13 Å². The van der Waals surface area contributed by atoms with Gasteiger partial charge in [-0.15, -0.1) is 0 Å². The summed E-state index contributed by atoms with van der Waals surface area (Å²) >= 11 is 5.79. The fraction of sp³-hybridized carbons (Fsp3) is 0.133. The lowest BCUT2D eigenvalue weighted by atomic mass is 10.1. The Morgan fingerprint density at radius 1 is 1.30 bits per heavy atom. The maximum Gasteiger partial charge on any atom is 0.126 e. The summed E-state index contributed by atoms with van der Waals surface area (Å²) in [4.78, 5) is 0. The summed E-state index contributed by atoms with van der Waals surface area (Å²) in [6.07, 6.45) is 0. The highest BCUT2D eigenvalue weighted by Gasteiger charge is 2.05. The van der Waals surface area contributed by atoms with Crippen molar-refractivity contribution in [3.63, 3.8) is 0 Å². The first-order valence-corrected chi connectivity index (χ1v) is 6.27. The van der Waals surface area contributed by atoms with E-state index in [0.717, 1.165) is 5.56 Å². The number of hydrogen-bond acceptors (Lipinski definition) is 3. The number of nitriles is 1. The highest BCUT2D eigenvalue weighted by Crippen LogP contribution is 2.23.